The Bertz CT molecular complexity index is 1080. The molecule has 6 nitrogen and oxygen atoms in total. The highest BCUT2D eigenvalue weighted by Crippen LogP contribution is 2.19. The summed E-state index contributed by atoms with van der Waals surface area (Å²) in [6.07, 6.45) is 32.0. The molecule has 0 amide bonds. The molecule has 0 radical (unpaired) electrons. The van der Waals surface area contributed by atoms with Crippen LogP contribution in [0.2, 0.25) is 0 Å². The summed E-state index contributed by atoms with van der Waals surface area (Å²) >= 11 is 0. The molecular weight excluding hydrogens is 673 g/mol. The summed E-state index contributed by atoms with van der Waals surface area (Å²) in [6, 6.07) is 4.51. The van der Waals surface area contributed by atoms with Gasteiger partial charge in [-0.1, -0.05) is 196 Å². The molecule has 0 atom stereocenters. The molecule has 0 aliphatic carbocycles. The van der Waals surface area contributed by atoms with E-state index in [9.17, 15) is 14.4 Å². The van der Waals surface area contributed by atoms with Crippen molar-refractivity contribution in [3.8, 4) is 0 Å². The first kappa shape index (κ1) is 49.6. The fraction of sp³-hybridized carbons (Fsp3) is 0.812. The molecule has 0 fully saturated rings. The van der Waals surface area contributed by atoms with E-state index in [0.717, 1.165) is 75.5 Å². The molecule has 312 valence electrons. The van der Waals surface area contributed by atoms with Gasteiger partial charge in [0.15, 0.2) is 0 Å². The maximum atomic E-state index is 13.3. The van der Waals surface area contributed by atoms with E-state index in [1.54, 1.807) is 6.07 Å². The average Bonchev–Trinajstić information content (AvgIpc) is 3.14. The van der Waals surface area contributed by atoms with E-state index in [1.807, 2.05) is 0 Å². The predicted molar refractivity (Wildman–Crippen MR) is 226 cm³/mol. The van der Waals surface area contributed by atoms with Crippen molar-refractivity contribution in [3.05, 3.63) is 34.9 Å². The van der Waals surface area contributed by atoms with Crippen molar-refractivity contribution in [1.82, 2.24) is 0 Å². The summed E-state index contributed by atoms with van der Waals surface area (Å²) in [7, 11) is 0. The second kappa shape index (κ2) is 33.9. The zero-order valence-corrected chi connectivity index (χ0v) is 36.1. The molecule has 0 saturated carbocycles. The summed E-state index contributed by atoms with van der Waals surface area (Å²) in [4.78, 5) is 39.4. The number of ether oxygens (including phenoxy) is 3. The van der Waals surface area contributed by atoms with E-state index >= 15 is 0 Å². The molecule has 0 spiro atoms. The Kier molecular flexibility index (Phi) is 31.2. The van der Waals surface area contributed by atoms with Crippen molar-refractivity contribution in [2.24, 2.45) is 17.8 Å². The van der Waals surface area contributed by atoms with E-state index in [2.05, 4.69) is 41.5 Å². The second-order valence-corrected chi connectivity index (χ2v) is 17.2. The number of hydrogen-bond donors (Lipinski definition) is 0. The first-order valence-electron chi connectivity index (χ1n) is 22.8. The first-order chi connectivity index (χ1) is 26.1. The van der Waals surface area contributed by atoms with Gasteiger partial charge in [-0.3, -0.25) is 0 Å². The van der Waals surface area contributed by atoms with Crippen LogP contribution in [0.1, 0.15) is 246 Å². The van der Waals surface area contributed by atoms with E-state index in [4.69, 9.17) is 14.2 Å². The molecule has 54 heavy (non-hydrogen) atoms. The van der Waals surface area contributed by atoms with Crippen molar-refractivity contribution in [2.45, 2.75) is 215 Å². The number of rotatable bonds is 36. The Morgan fingerprint density at radius 1 is 0.370 bits per heavy atom. The summed E-state index contributed by atoms with van der Waals surface area (Å²) in [5, 5.41) is 0. The zero-order valence-electron chi connectivity index (χ0n) is 36.1. The zero-order chi connectivity index (χ0) is 39.7. The third kappa shape index (κ3) is 28.1. The molecule has 0 heterocycles. The van der Waals surface area contributed by atoms with Crippen LogP contribution in [0.4, 0.5) is 0 Å². The lowest BCUT2D eigenvalue weighted by molar-refractivity contribution is 0.0447. The van der Waals surface area contributed by atoms with Crippen molar-refractivity contribution in [3.63, 3.8) is 0 Å². The number of carbonyl (C=O) groups is 3. The molecule has 0 bridgehead atoms. The average molecular weight is 757 g/mol. The van der Waals surface area contributed by atoms with Crippen LogP contribution in [0, 0.1) is 17.8 Å². The summed E-state index contributed by atoms with van der Waals surface area (Å²) in [6.45, 7) is 14.6. The van der Waals surface area contributed by atoms with Gasteiger partial charge in [0, 0.05) is 0 Å². The summed E-state index contributed by atoms with van der Waals surface area (Å²) in [5.74, 6) is 0.724. The Hall–Kier alpha value is -2.37. The predicted octanol–water partition coefficient (Wildman–Crippen LogP) is 14.7. The smallest absolute Gasteiger partial charge is 0.339 e. The minimum absolute atomic E-state index is 0.0710. The molecule has 0 aliphatic heterocycles. The van der Waals surface area contributed by atoms with Crippen LogP contribution in [0.15, 0.2) is 18.2 Å². The second-order valence-electron chi connectivity index (χ2n) is 17.2. The lowest BCUT2D eigenvalue weighted by Crippen LogP contribution is -2.17. The molecule has 0 unspecified atom stereocenters. The first-order valence-corrected chi connectivity index (χ1v) is 22.8. The minimum Gasteiger partial charge on any atom is -0.462 e. The monoisotopic (exact) mass is 757 g/mol. The molecule has 0 saturated heterocycles. The van der Waals surface area contributed by atoms with Gasteiger partial charge in [0.1, 0.15) is 0 Å². The van der Waals surface area contributed by atoms with Gasteiger partial charge in [-0.05, 0) is 55.2 Å². The van der Waals surface area contributed by atoms with Gasteiger partial charge in [-0.2, -0.15) is 0 Å². The Balaban J connectivity index is 2.55. The molecular formula is C48H84O6. The molecule has 1 aromatic rings. The van der Waals surface area contributed by atoms with E-state index in [-0.39, 0.29) is 23.3 Å². The number of hydrogen-bond acceptors (Lipinski definition) is 6. The third-order valence-electron chi connectivity index (χ3n) is 10.4. The van der Waals surface area contributed by atoms with Crippen LogP contribution in [-0.2, 0) is 14.2 Å². The van der Waals surface area contributed by atoms with Crippen molar-refractivity contribution in [2.75, 3.05) is 19.8 Å². The van der Waals surface area contributed by atoms with E-state index in [1.165, 1.54) is 128 Å². The number of unbranched alkanes of at least 4 members (excludes halogenated alkanes) is 21. The van der Waals surface area contributed by atoms with Crippen molar-refractivity contribution in [1.29, 1.82) is 0 Å². The van der Waals surface area contributed by atoms with Crippen LogP contribution >= 0.6 is 0 Å². The molecule has 0 aliphatic rings. The number of carbonyl (C=O) groups excluding carboxylic acids is 3. The largest absolute Gasteiger partial charge is 0.462 e. The Morgan fingerprint density at radius 3 is 0.981 bits per heavy atom. The normalized spacial score (nSPS) is 11.5. The molecule has 1 aromatic carbocycles. The van der Waals surface area contributed by atoms with Crippen LogP contribution in [0.25, 0.3) is 0 Å². The van der Waals surface area contributed by atoms with Gasteiger partial charge in [-0.25, -0.2) is 14.4 Å². The van der Waals surface area contributed by atoms with Gasteiger partial charge in [0.25, 0.3) is 0 Å². The quantitative estimate of drug-likeness (QED) is 0.0385. The number of benzene rings is 1. The summed E-state index contributed by atoms with van der Waals surface area (Å²) < 4.78 is 16.8. The summed E-state index contributed by atoms with van der Waals surface area (Å²) in [5.41, 5.74) is 0.457. The lowest BCUT2D eigenvalue weighted by atomic mass is 10.0. The number of esters is 3. The highest BCUT2D eigenvalue weighted by Gasteiger charge is 2.22. The lowest BCUT2D eigenvalue weighted by Gasteiger charge is -2.12. The molecule has 6 heteroatoms. The topological polar surface area (TPSA) is 78.9 Å². The fourth-order valence-corrected chi connectivity index (χ4v) is 6.90. The van der Waals surface area contributed by atoms with E-state index < -0.39 is 17.9 Å². The van der Waals surface area contributed by atoms with Crippen LogP contribution in [-0.4, -0.2) is 37.7 Å². The van der Waals surface area contributed by atoms with Crippen molar-refractivity contribution >= 4 is 17.9 Å². The molecule has 1 rings (SSSR count). The van der Waals surface area contributed by atoms with Gasteiger partial charge < -0.3 is 14.2 Å². The van der Waals surface area contributed by atoms with Gasteiger partial charge >= 0.3 is 17.9 Å². The fourth-order valence-electron chi connectivity index (χ4n) is 6.90. The standard InChI is InChI=1S/C48H84O6/c1-40(2)31-25-19-13-7-10-16-22-28-36-52-46(49)43-34-35-44(47(50)53-37-29-23-17-11-8-14-20-26-32-41(3)4)45(39-43)48(51)54-38-30-24-18-12-9-15-21-27-33-42(5)6/h34-35,39-42H,7-33,36-38H2,1-6H3. The Morgan fingerprint density at radius 2 is 0.648 bits per heavy atom. The van der Waals surface area contributed by atoms with Gasteiger partial charge in [0.05, 0.1) is 36.5 Å². The van der Waals surface area contributed by atoms with Crippen LogP contribution < -0.4 is 0 Å². The maximum Gasteiger partial charge on any atom is 0.339 e. The van der Waals surface area contributed by atoms with Crippen LogP contribution in [0.3, 0.4) is 0 Å². The molecule has 0 aromatic heterocycles. The highest BCUT2D eigenvalue weighted by atomic mass is 16.5. The van der Waals surface area contributed by atoms with E-state index in [0.29, 0.717) is 13.2 Å². The minimum atomic E-state index is -0.598. The Labute approximate surface area is 333 Å². The van der Waals surface area contributed by atoms with Crippen molar-refractivity contribution < 1.29 is 28.6 Å². The van der Waals surface area contributed by atoms with Gasteiger partial charge in [-0.15, -0.1) is 0 Å². The highest BCUT2D eigenvalue weighted by molar-refractivity contribution is 6.05. The van der Waals surface area contributed by atoms with Crippen LogP contribution in [0.5, 0.6) is 0 Å². The maximum absolute atomic E-state index is 13.3. The third-order valence-corrected chi connectivity index (χ3v) is 10.4. The molecule has 0 N–H and O–H groups in total. The van der Waals surface area contributed by atoms with Gasteiger partial charge in [0.2, 0.25) is 0 Å². The SMILES string of the molecule is CC(C)CCCCCCCCCCOC(=O)c1ccc(C(=O)OCCCCCCCCCCC(C)C)c(C(=O)OCCCCCCCCCCC(C)C)c1.